The Morgan fingerprint density at radius 2 is 1.96 bits per heavy atom. The van der Waals surface area contributed by atoms with Crippen LogP contribution in [0.4, 0.5) is 16.3 Å². The quantitative estimate of drug-likeness (QED) is 0.781. The summed E-state index contributed by atoms with van der Waals surface area (Å²) in [4.78, 5) is 27.2. The van der Waals surface area contributed by atoms with Crippen LogP contribution in [0, 0.1) is 0 Å². The van der Waals surface area contributed by atoms with Crippen LogP contribution < -0.4 is 14.5 Å². The number of rotatable bonds is 1. The summed E-state index contributed by atoms with van der Waals surface area (Å²) in [5.41, 5.74) is 0.775. The van der Waals surface area contributed by atoms with Gasteiger partial charge in [0.1, 0.15) is 18.2 Å². The summed E-state index contributed by atoms with van der Waals surface area (Å²) in [7, 11) is 0. The molecule has 1 aromatic heterocycles. The zero-order valence-corrected chi connectivity index (χ0v) is 14.4. The number of nitrogens with zero attached hydrogens (tertiary/aromatic N) is 5. The summed E-state index contributed by atoms with van der Waals surface area (Å²) in [6.45, 7) is 3.78. The monoisotopic (exact) mass is 359 g/mol. The molecule has 0 unspecified atom stereocenters. The number of hydrogen-bond acceptors (Lipinski definition) is 5. The lowest BCUT2D eigenvalue weighted by molar-refractivity contribution is 0.196. The van der Waals surface area contributed by atoms with Crippen molar-refractivity contribution in [2.24, 2.45) is 0 Å². The van der Waals surface area contributed by atoms with Crippen molar-refractivity contribution in [2.75, 3.05) is 49.1 Å². The van der Waals surface area contributed by atoms with E-state index in [0.29, 0.717) is 37.0 Å². The maximum absolute atomic E-state index is 13.0. The van der Waals surface area contributed by atoms with Crippen molar-refractivity contribution < 1.29 is 9.53 Å². The van der Waals surface area contributed by atoms with Crippen LogP contribution in [0.1, 0.15) is 0 Å². The van der Waals surface area contributed by atoms with E-state index in [2.05, 4.69) is 14.9 Å². The second kappa shape index (κ2) is 6.76. The fourth-order valence-corrected chi connectivity index (χ4v) is 3.31. The minimum atomic E-state index is 0.00525. The first kappa shape index (κ1) is 16.0. The highest BCUT2D eigenvalue weighted by atomic mass is 35.5. The molecule has 25 heavy (non-hydrogen) atoms. The van der Waals surface area contributed by atoms with Crippen LogP contribution in [-0.2, 0) is 0 Å². The van der Waals surface area contributed by atoms with E-state index in [1.165, 1.54) is 0 Å². The molecule has 8 heteroatoms. The topological polar surface area (TPSA) is 61.8 Å². The number of aromatic nitrogens is 2. The highest BCUT2D eigenvalue weighted by Gasteiger charge is 2.30. The van der Waals surface area contributed by atoms with Crippen LogP contribution in [0.3, 0.4) is 0 Å². The number of hydrogen-bond donors (Lipinski definition) is 0. The molecule has 7 nitrogen and oxygen atoms in total. The molecule has 1 saturated heterocycles. The summed E-state index contributed by atoms with van der Waals surface area (Å²) in [5, 5.41) is 0.602. The molecule has 0 aliphatic carbocycles. The highest BCUT2D eigenvalue weighted by molar-refractivity contribution is 6.30. The van der Waals surface area contributed by atoms with Crippen molar-refractivity contribution in [2.45, 2.75) is 0 Å². The molecule has 2 aromatic rings. The van der Waals surface area contributed by atoms with Crippen LogP contribution in [-0.4, -0.2) is 60.2 Å². The number of fused-ring (bicyclic) bond motifs is 1. The Bertz CT molecular complexity index is 765. The maximum atomic E-state index is 13.0. The Morgan fingerprint density at radius 1 is 1.12 bits per heavy atom. The zero-order chi connectivity index (χ0) is 17.2. The number of ether oxygens (including phenoxy) is 1. The van der Waals surface area contributed by atoms with Crippen molar-refractivity contribution in [3.8, 4) is 5.75 Å². The number of anilines is 2. The first-order chi connectivity index (χ1) is 12.2. The van der Waals surface area contributed by atoms with E-state index in [-0.39, 0.29) is 6.03 Å². The summed E-state index contributed by atoms with van der Waals surface area (Å²) in [6, 6.07) is 5.37. The predicted molar refractivity (Wildman–Crippen MR) is 95.5 cm³/mol. The van der Waals surface area contributed by atoms with Gasteiger partial charge in [0.15, 0.2) is 0 Å². The SMILES string of the molecule is O=C(N1CCN(c2cnccn2)CC1)N1CCOc2cc(Cl)ccc21. The molecular formula is C17H18ClN5O2. The third-order valence-corrected chi connectivity index (χ3v) is 4.67. The van der Waals surface area contributed by atoms with Gasteiger partial charge in [0.2, 0.25) is 0 Å². The van der Waals surface area contributed by atoms with Gasteiger partial charge in [0.05, 0.1) is 18.4 Å². The Balaban J connectivity index is 1.45. The van der Waals surface area contributed by atoms with Crippen molar-refractivity contribution in [1.29, 1.82) is 0 Å². The summed E-state index contributed by atoms with van der Waals surface area (Å²) in [5.74, 6) is 1.51. The normalized spacial score (nSPS) is 17.1. The van der Waals surface area contributed by atoms with E-state index >= 15 is 0 Å². The maximum Gasteiger partial charge on any atom is 0.324 e. The van der Waals surface area contributed by atoms with Gasteiger partial charge >= 0.3 is 6.03 Å². The molecule has 0 radical (unpaired) electrons. The number of carbonyl (C=O) groups is 1. The second-order valence-corrected chi connectivity index (χ2v) is 6.37. The van der Waals surface area contributed by atoms with Gasteiger partial charge in [0, 0.05) is 49.7 Å². The first-order valence-electron chi connectivity index (χ1n) is 8.22. The molecule has 0 atom stereocenters. The van der Waals surface area contributed by atoms with Gasteiger partial charge in [-0.15, -0.1) is 0 Å². The van der Waals surface area contributed by atoms with Crippen molar-refractivity contribution in [1.82, 2.24) is 14.9 Å². The van der Waals surface area contributed by atoms with E-state index in [1.54, 1.807) is 35.6 Å². The second-order valence-electron chi connectivity index (χ2n) is 5.93. The molecule has 130 valence electrons. The van der Waals surface area contributed by atoms with Crippen LogP contribution in [0.15, 0.2) is 36.8 Å². The van der Waals surface area contributed by atoms with Gasteiger partial charge in [-0.2, -0.15) is 0 Å². The van der Waals surface area contributed by atoms with Crippen molar-refractivity contribution in [3.63, 3.8) is 0 Å². The molecule has 0 spiro atoms. The lowest BCUT2D eigenvalue weighted by atomic mass is 10.2. The first-order valence-corrected chi connectivity index (χ1v) is 8.60. The molecular weight excluding hydrogens is 342 g/mol. The molecule has 2 aliphatic rings. The molecule has 1 aromatic carbocycles. The molecule has 4 rings (SSSR count). The predicted octanol–water partition coefficient (Wildman–Crippen LogP) is 2.27. The van der Waals surface area contributed by atoms with Gasteiger partial charge in [-0.25, -0.2) is 9.78 Å². The Labute approximate surface area is 150 Å². The number of benzene rings is 1. The summed E-state index contributed by atoms with van der Waals surface area (Å²) >= 11 is 6.02. The molecule has 1 fully saturated rings. The average molecular weight is 360 g/mol. The third-order valence-electron chi connectivity index (χ3n) is 4.44. The fraction of sp³-hybridized carbons (Fsp3) is 0.353. The molecule has 2 aliphatic heterocycles. The number of halogens is 1. The smallest absolute Gasteiger partial charge is 0.324 e. The summed E-state index contributed by atoms with van der Waals surface area (Å²) < 4.78 is 5.63. The molecule has 0 saturated carbocycles. The van der Waals surface area contributed by atoms with E-state index in [0.717, 1.165) is 24.6 Å². The number of carbonyl (C=O) groups excluding carboxylic acids is 1. The van der Waals surface area contributed by atoms with E-state index in [4.69, 9.17) is 16.3 Å². The van der Waals surface area contributed by atoms with Gasteiger partial charge in [-0.05, 0) is 12.1 Å². The van der Waals surface area contributed by atoms with Crippen LogP contribution in [0.5, 0.6) is 5.75 Å². The minimum absolute atomic E-state index is 0.00525. The lowest BCUT2D eigenvalue weighted by Gasteiger charge is -2.39. The standard InChI is InChI=1S/C17H18ClN5O2/c18-13-1-2-14-15(11-13)25-10-9-23(14)17(24)22-7-5-21(6-8-22)16-12-19-3-4-20-16/h1-4,11-12H,5-10H2. The van der Waals surface area contributed by atoms with Crippen molar-refractivity contribution >= 4 is 29.1 Å². The zero-order valence-electron chi connectivity index (χ0n) is 13.6. The van der Waals surface area contributed by atoms with Crippen LogP contribution >= 0.6 is 11.6 Å². The Kier molecular flexibility index (Phi) is 4.31. The third kappa shape index (κ3) is 3.19. The van der Waals surface area contributed by atoms with E-state index in [9.17, 15) is 4.79 Å². The molecule has 0 N–H and O–H groups in total. The van der Waals surface area contributed by atoms with Crippen LogP contribution in [0.2, 0.25) is 5.02 Å². The largest absolute Gasteiger partial charge is 0.489 e. The van der Waals surface area contributed by atoms with Crippen LogP contribution in [0.25, 0.3) is 0 Å². The molecule has 3 heterocycles. The lowest BCUT2D eigenvalue weighted by Crippen LogP contribution is -2.54. The van der Waals surface area contributed by atoms with Crippen molar-refractivity contribution in [3.05, 3.63) is 41.8 Å². The van der Waals surface area contributed by atoms with Gasteiger partial charge in [-0.3, -0.25) is 9.88 Å². The van der Waals surface area contributed by atoms with Gasteiger partial charge in [-0.1, -0.05) is 11.6 Å². The fourth-order valence-electron chi connectivity index (χ4n) is 3.14. The average Bonchev–Trinajstić information content (AvgIpc) is 2.67. The Morgan fingerprint density at radius 3 is 2.72 bits per heavy atom. The van der Waals surface area contributed by atoms with E-state index in [1.807, 2.05) is 11.0 Å². The number of urea groups is 1. The minimum Gasteiger partial charge on any atom is -0.489 e. The highest BCUT2D eigenvalue weighted by Crippen LogP contribution is 2.34. The van der Waals surface area contributed by atoms with Gasteiger partial charge in [0.25, 0.3) is 0 Å². The Hall–Kier alpha value is -2.54. The van der Waals surface area contributed by atoms with E-state index < -0.39 is 0 Å². The van der Waals surface area contributed by atoms with Gasteiger partial charge < -0.3 is 14.5 Å². The number of amides is 2. The molecule has 0 bridgehead atoms. The molecule has 2 amide bonds. The number of piperazine rings is 1. The summed E-state index contributed by atoms with van der Waals surface area (Å²) in [6.07, 6.45) is 5.09.